The number of anilines is 1. The minimum absolute atomic E-state index is 0. The number of carbonyl (C=O) groups is 2. The number of hydrogen-bond acceptors (Lipinski definition) is 3. The molecule has 1 fully saturated rings. The summed E-state index contributed by atoms with van der Waals surface area (Å²) in [5.41, 5.74) is 6.60. The van der Waals surface area contributed by atoms with Crippen LogP contribution in [0.15, 0.2) is 24.3 Å². The minimum atomic E-state index is -0.742. The maximum atomic E-state index is 12.2. The quantitative estimate of drug-likeness (QED) is 0.795. The summed E-state index contributed by atoms with van der Waals surface area (Å²) in [5.74, 6) is -0.256. The lowest BCUT2D eigenvalue weighted by molar-refractivity contribution is -0.121. The summed E-state index contributed by atoms with van der Waals surface area (Å²) in [4.78, 5) is 24.0. The lowest BCUT2D eigenvalue weighted by Crippen LogP contribution is -2.48. The number of amides is 2. The van der Waals surface area contributed by atoms with Crippen LogP contribution >= 0.6 is 12.4 Å². The van der Waals surface area contributed by atoms with Gasteiger partial charge < -0.3 is 16.4 Å². The Morgan fingerprint density at radius 3 is 2.18 bits per heavy atom. The Morgan fingerprint density at radius 1 is 1.14 bits per heavy atom. The summed E-state index contributed by atoms with van der Waals surface area (Å²) in [6, 6.07) is 6.95. The molecule has 0 unspecified atom stereocenters. The third kappa shape index (κ3) is 4.45. The molecule has 0 aliphatic heterocycles. The molecule has 0 aromatic heterocycles. The molecule has 5 nitrogen and oxygen atoms in total. The zero-order valence-electron chi connectivity index (χ0n) is 13.0. The van der Waals surface area contributed by atoms with Crippen LogP contribution in [0.3, 0.4) is 0 Å². The molecule has 0 heterocycles. The second-order valence-electron chi connectivity index (χ2n) is 6.02. The van der Waals surface area contributed by atoms with Gasteiger partial charge in [0.25, 0.3) is 5.91 Å². The third-order valence-electron chi connectivity index (χ3n) is 3.77. The first-order valence-corrected chi connectivity index (χ1v) is 7.42. The fourth-order valence-electron chi connectivity index (χ4n) is 2.54. The molecule has 122 valence electrons. The number of carbonyl (C=O) groups excluding carboxylic acids is 2. The SMILES string of the molecule is CC(C)NC(=O)c1ccc(NC(=O)C2(N)CCCC2)cc1.Cl. The van der Waals surface area contributed by atoms with E-state index in [9.17, 15) is 9.59 Å². The van der Waals surface area contributed by atoms with Crippen molar-refractivity contribution in [3.63, 3.8) is 0 Å². The highest BCUT2D eigenvalue weighted by atomic mass is 35.5. The van der Waals surface area contributed by atoms with E-state index in [-0.39, 0.29) is 30.3 Å². The fraction of sp³-hybridized carbons (Fsp3) is 0.500. The van der Waals surface area contributed by atoms with Crippen molar-refractivity contribution in [3.05, 3.63) is 29.8 Å². The molecule has 0 bridgehead atoms. The molecular formula is C16H24ClN3O2. The predicted molar refractivity (Wildman–Crippen MR) is 90.3 cm³/mol. The zero-order chi connectivity index (χ0) is 15.5. The molecule has 1 saturated carbocycles. The Bertz CT molecular complexity index is 523. The van der Waals surface area contributed by atoms with Crippen molar-refractivity contribution < 1.29 is 9.59 Å². The molecule has 0 atom stereocenters. The predicted octanol–water partition coefficient (Wildman–Crippen LogP) is 2.46. The highest BCUT2D eigenvalue weighted by Crippen LogP contribution is 2.28. The summed E-state index contributed by atoms with van der Waals surface area (Å²) in [6.45, 7) is 3.82. The second-order valence-corrected chi connectivity index (χ2v) is 6.02. The average Bonchev–Trinajstić information content (AvgIpc) is 2.87. The van der Waals surface area contributed by atoms with Crippen molar-refractivity contribution in [1.82, 2.24) is 5.32 Å². The molecular weight excluding hydrogens is 302 g/mol. The number of nitrogens with one attached hydrogen (secondary N) is 2. The van der Waals surface area contributed by atoms with Gasteiger partial charge in [-0.25, -0.2) is 0 Å². The molecule has 1 aromatic rings. The zero-order valence-corrected chi connectivity index (χ0v) is 13.8. The van der Waals surface area contributed by atoms with E-state index in [0.29, 0.717) is 11.3 Å². The van der Waals surface area contributed by atoms with Crippen LogP contribution in [0, 0.1) is 0 Å². The van der Waals surface area contributed by atoms with E-state index >= 15 is 0 Å². The van der Waals surface area contributed by atoms with Gasteiger partial charge in [0.2, 0.25) is 5.91 Å². The molecule has 0 spiro atoms. The monoisotopic (exact) mass is 325 g/mol. The van der Waals surface area contributed by atoms with Crippen LogP contribution in [0.1, 0.15) is 49.9 Å². The van der Waals surface area contributed by atoms with Gasteiger partial charge in [0.05, 0.1) is 5.54 Å². The van der Waals surface area contributed by atoms with Crippen molar-refractivity contribution in [1.29, 1.82) is 0 Å². The van der Waals surface area contributed by atoms with Gasteiger partial charge in [-0.05, 0) is 51.0 Å². The first kappa shape index (κ1) is 18.5. The van der Waals surface area contributed by atoms with Crippen molar-refractivity contribution in [2.45, 2.75) is 51.1 Å². The smallest absolute Gasteiger partial charge is 0.251 e. The maximum Gasteiger partial charge on any atom is 0.251 e. The van der Waals surface area contributed by atoms with E-state index in [1.807, 2.05) is 13.8 Å². The van der Waals surface area contributed by atoms with Crippen LogP contribution in [-0.2, 0) is 4.79 Å². The van der Waals surface area contributed by atoms with Crippen molar-refractivity contribution in [3.8, 4) is 0 Å². The Hall–Kier alpha value is -1.59. The van der Waals surface area contributed by atoms with Crippen LogP contribution in [0.25, 0.3) is 0 Å². The van der Waals surface area contributed by atoms with Gasteiger partial charge in [0, 0.05) is 17.3 Å². The summed E-state index contributed by atoms with van der Waals surface area (Å²) in [7, 11) is 0. The topological polar surface area (TPSA) is 84.2 Å². The van der Waals surface area contributed by atoms with Crippen molar-refractivity contribution in [2.24, 2.45) is 5.73 Å². The Labute approximate surface area is 137 Å². The van der Waals surface area contributed by atoms with Crippen LogP contribution in [0.4, 0.5) is 5.69 Å². The summed E-state index contributed by atoms with van der Waals surface area (Å²) >= 11 is 0. The molecule has 2 rings (SSSR count). The lowest BCUT2D eigenvalue weighted by atomic mass is 9.98. The molecule has 22 heavy (non-hydrogen) atoms. The fourth-order valence-corrected chi connectivity index (χ4v) is 2.54. The number of benzene rings is 1. The highest BCUT2D eigenvalue weighted by Gasteiger charge is 2.36. The second kappa shape index (κ2) is 7.61. The van der Waals surface area contributed by atoms with Crippen LogP contribution in [0.5, 0.6) is 0 Å². The molecule has 2 amide bonds. The first-order chi connectivity index (χ1) is 9.90. The van der Waals surface area contributed by atoms with Gasteiger partial charge in [-0.1, -0.05) is 12.8 Å². The van der Waals surface area contributed by atoms with E-state index in [4.69, 9.17) is 5.73 Å². The van der Waals surface area contributed by atoms with Gasteiger partial charge in [-0.2, -0.15) is 0 Å². The number of nitrogens with two attached hydrogens (primary N) is 1. The summed E-state index contributed by atoms with van der Waals surface area (Å²) in [6.07, 6.45) is 3.46. The van der Waals surface area contributed by atoms with Gasteiger partial charge in [-0.3, -0.25) is 9.59 Å². The molecule has 1 aliphatic rings. The maximum absolute atomic E-state index is 12.2. The Morgan fingerprint density at radius 2 is 1.68 bits per heavy atom. The number of rotatable bonds is 4. The molecule has 4 N–H and O–H groups in total. The standard InChI is InChI=1S/C16H23N3O2.ClH/c1-11(2)18-14(20)12-5-7-13(8-6-12)19-15(21)16(17)9-3-4-10-16;/h5-8,11H,3-4,9-10,17H2,1-2H3,(H,18,20)(H,19,21);1H. The molecule has 1 aliphatic carbocycles. The summed E-state index contributed by atoms with van der Waals surface area (Å²) < 4.78 is 0. The van der Waals surface area contributed by atoms with E-state index in [0.717, 1.165) is 25.7 Å². The molecule has 6 heteroatoms. The van der Waals surface area contributed by atoms with Crippen molar-refractivity contribution >= 4 is 29.9 Å². The van der Waals surface area contributed by atoms with Gasteiger partial charge in [-0.15, -0.1) is 12.4 Å². The van der Waals surface area contributed by atoms with Crippen molar-refractivity contribution in [2.75, 3.05) is 5.32 Å². The normalized spacial score (nSPS) is 16.0. The molecule has 0 saturated heterocycles. The average molecular weight is 326 g/mol. The largest absolute Gasteiger partial charge is 0.350 e. The van der Waals surface area contributed by atoms with Gasteiger partial charge in [0.15, 0.2) is 0 Å². The van der Waals surface area contributed by atoms with Crippen LogP contribution < -0.4 is 16.4 Å². The molecule has 1 aromatic carbocycles. The highest BCUT2D eigenvalue weighted by molar-refractivity contribution is 5.99. The Kier molecular flexibility index (Phi) is 6.38. The van der Waals surface area contributed by atoms with Crippen LogP contribution in [-0.4, -0.2) is 23.4 Å². The third-order valence-corrected chi connectivity index (χ3v) is 3.77. The van der Waals surface area contributed by atoms with Crippen LogP contribution in [0.2, 0.25) is 0 Å². The van der Waals surface area contributed by atoms with Gasteiger partial charge in [0.1, 0.15) is 0 Å². The molecule has 0 radical (unpaired) electrons. The first-order valence-electron chi connectivity index (χ1n) is 7.42. The minimum Gasteiger partial charge on any atom is -0.350 e. The number of halogens is 1. The lowest BCUT2D eigenvalue weighted by Gasteiger charge is -2.22. The van der Waals surface area contributed by atoms with E-state index in [2.05, 4.69) is 10.6 Å². The number of hydrogen-bond donors (Lipinski definition) is 3. The van der Waals surface area contributed by atoms with E-state index < -0.39 is 5.54 Å². The van der Waals surface area contributed by atoms with E-state index in [1.165, 1.54) is 0 Å². The van der Waals surface area contributed by atoms with E-state index in [1.54, 1.807) is 24.3 Å². The van der Waals surface area contributed by atoms with Gasteiger partial charge >= 0.3 is 0 Å². The Balaban J connectivity index is 0.00000242. The summed E-state index contributed by atoms with van der Waals surface area (Å²) in [5, 5.41) is 5.66.